The summed E-state index contributed by atoms with van der Waals surface area (Å²) in [5, 5.41) is 3.05. The maximum absolute atomic E-state index is 11.3. The molecule has 5 nitrogen and oxygen atoms in total. The quantitative estimate of drug-likeness (QED) is 0.882. The highest BCUT2D eigenvalue weighted by molar-refractivity contribution is 7.90. The second-order valence-electron chi connectivity index (χ2n) is 3.90. The number of anilines is 3. The highest BCUT2D eigenvalue weighted by Gasteiger charge is 2.06. The van der Waals surface area contributed by atoms with Crippen molar-refractivity contribution in [3.63, 3.8) is 0 Å². The standard InChI is InChI=1S/C12H13N3O2S/c1-18(16,17)11-5-3-10(4-6-11)15-12-7-2-9(13)8-14-12/h2-8H,13H2,1H3,(H,14,15). The summed E-state index contributed by atoms with van der Waals surface area (Å²) in [6, 6.07) is 9.97. The number of nitrogen functional groups attached to an aromatic ring is 1. The number of sulfone groups is 1. The molecule has 3 N–H and O–H groups in total. The van der Waals surface area contributed by atoms with E-state index < -0.39 is 9.84 Å². The van der Waals surface area contributed by atoms with E-state index in [-0.39, 0.29) is 0 Å². The zero-order chi connectivity index (χ0) is 13.2. The highest BCUT2D eigenvalue weighted by atomic mass is 32.2. The van der Waals surface area contributed by atoms with Gasteiger partial charge in [-0.3, -0.25) is 0 Å². The summed E-state index contributed by atoms with van der Waals surface area (Å²) in [4.78, 5) is 4.38. The second-order valence-corrected chi connectivity index (χ2v) is 5.91. The Morgan fingerprint density at radius 3 is 2.28 bits per heavy atom. The minimum Gasteiger partial charge on any atom is -0.397 e. The van der Waals surface area contributed by atoms with Crippen LogP contribution in [0, 0.1) is 0 Å². The van der Waals surface area contributed by atoms with E-state index in [0.29, 0.717) is 16.4 Å². The average Bonchev–Trinajstić information content (AvgIpc) is 2.32. The number of hydrogen-bond acceptors (Lipinski definition) is 5. The third kappa shape index (κ3) is 2.98. The van der Waals surface area contributed by atoms with Gasteiger partial charge in [-0.25, -0.2) is 13.4 Å². The summed E-state index contributed by atoms with van der Waals surface area (Å²) >= 11 is 0. The van der Waals surface area contributed by atoms with E-state index in [0.717, 1.165) is 5.69 Å². The van der Waals surface area contributed by atoms with Gasteiger partial charge < -0.3 is 11.1 Å². The summed E-state index contributed by atoms with van der Waals surface area (Å²) in [7, 11) is -3.16. The van der Waals surface area contributed by atoms with E-state index in [1.807, 2.05) is 0 Å². The van der Waals surface area contributed by atoms with E-state index in [2.05, 4.69) is 10.3 Å². The number of nitrogens with two attached hydrogens (primary N) is 1. The van der Waals surface area contributed by atoms with Crippen molar-refractivity contribution in [3.8, 4) is 0 Å². The molecule has 94 valence electrons. The number of hydrogen-bond donors (Lipinski definition) is 2. The first-order valence-corrected chi connectivity index (χ1v) is 7.13. The average molecular weight is 263 g/mol. The van der Waals surface area contributed by atoms with E-state index in [1.54, 1.807) is 42.6 Å². The monoisotopic (exact) mass is 263 g/mol. The molecule has 0 aliphatic heterocycles. The minimum atomic E-state index is -3.16. The Labute approximate surface area is 106 Å². The van der Waals surface area contributed by atoms with Crippen molar-refractivity contribution >= 4 is 27.0 Å². The van der Waals surface area contributed by atoms with Crippen molar-refractivity contribution in [2.75, 3.05) is 17.3 Å². The third-order valence-electron chi connectivity index (χ3n) is 2.34. The molecule has 1 aromatic carbocycles. The fourth-order valence-corrected chi connectivity index (χ4v) is 2.04. The summed E-state index contributed by atoms with van der Waals surface area (Å²) in [6.07, 6.45) is 2.73. The maximum Gasteiger partial charge on any atom is 0.175 e. The summed E-state index contributed by atoms with van der Waals surface area (Å²) in [5.74, 6) is 0.649. The smallest absolute Gasteiger partial charge is 0.175 e. The molecule has 0 atom stereocenters. The number of nitrogens with one attached hydrogen (secondary N) is 1. The fourth-order valence-electron chi connectivity index (χ4n) is 1.41. The van der Waals surface area contributed by atoms with E-state index in [4.69, 9.17) is 5.73 Å². The summed E-state index contributed by atoms with van der Waals surface area (Å²) < 4.78 is 22.6. The van der Waals surface area contributed by atoms with Gasteiger partial charge >= 0.3 is 0 Å². The van der Waals surface area contributed by atoms with Crippen LogP contribution in [0.25, 0.3) is 0 Å². The van der Waals surface area contributed by atoms with E-state index >= 15 is 0 Å². The Kier molecular flexibility index (Phi) is 3.20. The van der Waals surface area contributed by atoms with Crippen LogP contribution in [0.5, 0.6) is 0 Å². The van der Waals surface area contributed by atoms with Crippen LogP contribution in [0.4, 0.5) is 17.2 Å². The Balaban J connectivity index is 2.18. The Hall–Kier alpha value is -2.08. The SMILES string of the molecule is CS(=O)(=O)c1ccc(Nc2ccc(N)cn2)cc1. The number of benzene rings is 1. The maximum atomic E-state index is 11.3. The number of aromatic nitrogens is 1. The zero-order valence-electron chi connectivity index (χ0n) is 9.79. The molecular weight excluding hydrogens is 250 g/mol. The largest absolute Gasteiger partial charge is 0.397 e. The van der Waals surface area contributed by atoms with Crippen molar-refractivity contribution in [1.29, 1.82) is 0 Å². The van der Waals surface area contributed by atoms with E-state index in [9.17, 15) is 8.42 Å². The molecule has 0 saturated heterocycles. The molecule has 2 rings (SSSR count). The first-order chi connectivity index (χ1) is 8.45. The molecule has 1 aromatic heterocycles. The van der Waals surface area contributed by atoms with Crippen molar-refractivity contribution in [2.24, 2.45) is 0 Å². The molecule has 2 aromatic rings. The zero-order valence-corrected chi connectivity index (χ0v) is 10.6. The molecule has 0 unspecified atom stereocenters. The first kappa shape index (κ1) is 12.4. The van der Waals surface area contributed by atoms with Gasteiger partial charge in [0.1, 0.15) is 5.82 Å². The predicted molar refractivity (Wildman–Crippen MR) is 71.5 cm³/mol. The van der Waals surface area contributed by atoms with Gasteiger partial charge in [0, 0.05) is 11.9 Å². The minimum absolute atomic E-state index is 0.290. The van der Waals surface area contributed by atoms with Crippen molar-refractivity contribution in [2.45, 2.75) is 4.90 Å². The molecule has 0 amide bonds. The van der Waals surface area contributed by atoms with Gasteiger partial charge in [-0.1, -0.05) is 0 Å². The van der Waals surface area contributed by atoms with Crippen LogP contribution in [0.15, 0.2) is 47.5 Å². The van der Waals surface area contributed by atoms with Crippen LogP contribution in [-0.4, -0.2) is 19.7 Å². The number of rotatable bonds is 3. The lowest BCUT2D eigenvalue weighted by Crippen LogP contribution is -1.98. The van der Waals surface area contributed by atoms with Crippen molar-refractivity contribution in [3.05, 3.63) is 42.6 Å². The van der Waals surface area contributed by atoms with E-state index in [1.165, 1.54) is 6.26 Å². The predicted octanol–water partition coefficient (Wildman–Crippen LogP) is 1.81. The van der Waals surface area contributed by atoms with Crippen LogP contribution in [0.2, 0.25) is 0 Å². The molecule has 0 aliphatic carbocycles. The number of nitrogens with zero attached hydrogens (tertiary/aromatic N) is 1. The van der Waals surface area contributed by atoms with Gasteiger partial charge in [0.2, 0.25) is 0 Å². The lowest BCUT2D eigenvalue weighted by atomic mass is 10.3. The van der Waals surface area contributed by atoms with Gasteiger partial charge in [-0.15, -0.1) is 0 Å². The van der Waals surface area contributed by atoms with Crippen molar-refractivity contribution < 1.29 is 8.42 Å². The van der Waals surface area contributed by atoms with Gasteiger partial charge in [-0.05, 0) is 36.4 Å². The first-order valence-electron chi connectivity index (χ1n) is 5.24. The molecule has 0 aliphatic rings. The van der Waals surface area contributed by atoms with Gasteiger partial charge in [0.05, 0.1) is 16.8 Å². The summed E-state index contributed by atoms with van der Waals surface area (Å²) in [6.45, 7) is 0. The van der Waals surface area contributed by atoms with Crippen LogP contribution in [0.3, 0.4) is 0 Å². The normalized spacial score (nSPS) is 11.2. The summed E-state index contributed by atoms with van der Waals surface area (Å²) in [5.41, 5.74) is 6.89. The number of pyridine rings is 1. The molecular formula is C12H13N3O2S. The lowest BCUT2D eigenvalue weighted by Gasteiger charge is -2.06. The van der Waals surface area contributed by atoms with Gasteiger partial charge in [0.25, 0.3) is 0 Å². The topological polar surface area (TPSA) is 85.1 Å². The van der Waals surface area contributed by atoms with Crippen molar-refractivity contribution in [1.82, 2.24) is 4.98 Å². The highest BCUT2D eigenvalue weighted by Crippen LogP contribution is 2.17. The van der Waals surface area contributed by atoms with Gasteiger partial charge in [-0.2, -0.15) is 0 Å². The Bertz CT molecular complexity index is 634. The second kappa shape index (κ2) is 4.66. The van der Waals surface area contributed by atoms with Crippen LogP contribution >= 0.6 is 0 Å². The van der Waals surface area contributed by atoms with Crippen LogP contribution in [0.1, 0.15) is 0 Å². The Morgan fingerprint density at radius 1 is 1.11 bits per heavy atom. The molecule has 0 saturated carbocycles. The molecule has 0 fully saturated rings. The lowest BCUT2D eigenvalue weighted by molar-refractivity contribution is 0.602. The molecule has 6 heteroatoms. The molecule has 0 bridgehead atoms. The Morgan fingerprint density at radius 2 is 1.78 bits per heavy atom. The van der Waals surface area contributed by atoms with Crippen LogP contribution in [-0.2, 0) is 9.84 Å². The molecule has 1 heterocycles. The van der Waals surface area contributed by atoms with Crippen LogP contribution < -0.4 is 11.1 Å². The van der Waals surface area contributed by atoms with Gasteiger partial charge in [0.15, 0.2) is 9.84 Å². The molecule has 0 spiro atoms. The fraction of sp³-hybridized carbons (Fsp3) is 0.0833. The molecule has 0 radical (unpaired) electrons. The molecule has 18 heavy (non-hydrogen) atoms. The third-order valence-corrected chi connectivity index (χ3v) is 3.47.